The first-order valence-electron chi connectivity index (χ1n) is 4.65. The van der Waals surface area contributed by atoms with Crippen molar-refractivity contribution in [1.29, 1.82) is 0 Å². The zero-order chi connectivity index (χ0) is 12.6. The Labute approximate surface area is 101 Å². The third-order valence-corrected chi connectivity index (χ3v) is 2.36. The molecule has 0 bridgehead atoms. The molecule has 0 aliphatic heterocycles. The highest BCUT2D eigenvalue weighted by Gasteiger charge is 2.33. The molecule has 1 aromatic carbocycles. The summed E-state index contributed by atoms with van der Waals surface area (Å²) in [5, 5.41) is 0. The van der Waals surface area contributed by atoms with Crippen LogP contribution in [-0.4, -0.2) is 5.60 Å². The fourth-order valence-electron chi connectivity index (χ4n) is 1.14. The minimum Gasteiger partial charge on any atom is -0.488 e. The maximum absolute atomic E-state index is 12.6. The van der Waals surface area contributed by atoms with Crippen LogP contribution in [0.1, 0.15) is 26.3 Å². The Balaban J connectivity index is 3.09. The number of halogens is 4. The van der Waals surface area contributed by atoms with Crippen molar-refractivity contribution in [3.05, 3.63) is 28.2 Å². The van der Waals surface area contributed by atoms with Crippen molar-refractivity contribution in [2.24, 2.45) is 0 Å². The molecule has 1 aromatic rings. The Kier molecular flexibility index (Phi) is 3.57. The molecule has 0 fully saturated rings. The summed E-state index contributed by atoms with van der Waals surface area (Å²) in [6, 6.07) is 3.84. The molecule has 0 aromatic heterocycles. The van der Waals surface area contributed by atoms with Crippen molar-refractivity contribution in [1.82, 2.24) is 0 Å². The normalized spacial score (nSPS) is 12.7. The maximum Gasteiger partial charge on any atom is 0.417 e. The summed E-state index contributed by atoms with van der Waals surface area (Å²) >= 11 is 2.87. The molecule has 0 unspecified atom stereocenters. The quantitative estimate of drug-likeness (QED) is 0.733. The minimum atomic E-state index is -4.38. The van der Waals surface area contributed by atoms with Gasteiger partial charge < -0.3 is 4.74 Å². The van der Waals surface area contributed by atoms with Crippen molar-refractivity contribution in [3.63, 3.8) is 0 Å². The van der Waals surface area contributed by atoms with E-state index in [0.29, 0.717) is 0 Å². The molecule has 1 rings (SSSR count). The van der Waals surface area contributed by atoms with Gasteiger partial charge in [0.25, 0.3) is 0 Å². The summed E-state index contributed by atoms with van der Waals surface area (Å²) in [5.74, 6) is 0.211. The Morgan fingerprint density at radius 3 is 2.12 bits per heavy atom. The van der Waals surface area contributed by atoms with Crippen LogP contribution in [0.5, 0.6) is 5.75 Å². The molecule has 0 amide bonds. The lowest BCUT2D eigenvalue weighted by molar-refractivity contribution is -0.138. The third-order valence-electron chi connectivity index (χ3n) is 1.67. The van der Waals surface area contributed by atoms with E-state index in [1.807, 2.05) is 0 Å². The van der Waals surface area contributed by atoms with Crippen LogP contribution in [0.4, 0.5) is 13.2 Å². The minimum absolute atomic E-state index is 0.0151. The lowest BCUT2D eigenvalue weighted by Crippen LogP contribution is -2.23. The van der Waals surface area contributed by atoms with Gasteiger partial charge in [-0.25, -0.2) is 0 Å². The van der Waals surface area contributed by atoms with E-state index in [1.165, 1.54) is 12.1 Å². The number of ether oxygens (including phenoxy) is 1. The summed E-state index contributed by atoms with van der Waals surface area (Å²) < 4.78 is 43.1. The highest BCUT2D eigenvalue weighted by atomic mass is 79.9. The van der Waals surface area contributed by atoms with Gasteiger partial charge in [-0.1, -0.05) is 15.9 Å². The van der Waals surface area contributed by atoms with Crippen LogP contribution >= 0.6 is 15.9 Å². The molecule has 90 valence electrons. The predicted octanol–water partition coefficient (Wildman–Crippen LogP) is 4.65. The Morgan fingerprint density at radius 2 is 1.69 bits per heavy atom. The molecule has 1 nitrogen and oxygen atoms in total. The molecule has 0 saturated carbocycles. The van der Waals surface area contributed by atoms with Gasteiger partial charge in [0.05, 0.1) is 5.56 Å². The standard InChI is InChI=1S/C11H12BrF3O/c1-10(2,3)16-7-4-5-9(12)8(6-7)11(13,14)15/h4-6H,1-3H3. The van der Waals surface area contributed by atoms with E-state index in [9.17, 15) is 13.2 Å². The predicted molar refractivity (Wildman–Crippen MR) is 59.5 cm³/mol. The van der Waals surface area contributed by atoms with E-state index in [1.54, 1.807) is 20.8 Å². The fourth-order valence-corrected chi connectivity index (χ4v) is 1.61. The molecule has 0 radical (unpaired) electrons. The SMILES string of the molecule is CC(C)(C)Oc1ccc(Br)c(C(F)(F)F)c1. The van der Waals surface area contributed by atoms with Crippen LogP contribution in [0.2, 0.25) is 0 Å². The van der Waals surface area contributed by atoms with Crippen molar-refractivity contribution in [2.75, 3.05) is 0 Å². The molecule has 0 saturated heterocycles. The Morgan fingerprint density at radius 1 is 1.12 bits per heavy atom. The first kappa shape index (κ1) is 13.4. The zero-order valence-electron chi connectivity index (χ0n) is 9.15. The van der Waals surface area contributed by atoms with Gasteiger partial charge in [-0.3, -0.25) is 0 Å². The molecule has 0 spiro atoms. The second kappa shape index (κ2) is 4.28. The smallest absolute Gasteiger partial charge is 0.417 e. The van der Waals surface area contributed by atoms with Crippen LogP contribution in [-0.2, 0) is 6.18 Å². The molecule has 0 N–H and O–H groups in total. The van der Waals surface area contributed by atoms with Crippen molar-refractivity contribution < 1.29 is 17.9 Å². The fraction of sp³-hybridized carbons (Fsp3) is 0.455. The summed E-state index contributed by atoms with van der Waals surface area (Å²) in [7, 11) is 0. The van der Waals surface area contributed by atoms with Gasteiger partial charge in [0.15, 0.2) is 0 Å². The number of alkyl halides is 3. The third kappa shape index (κ3) is 3.70. The average molecular weight is 297 g/mol. The molecular formula is C11H12BrF3O. The van der Waals surface area contributed by atoms with Gasteiger partial charge in [-0.15, -0.1) is 0 Å². The molecule has 0 heterocycles. The van der Waals surface area contributed by atoms with Gasteiger partial charge in [0, 0.05) is 4.47 Å². The number of benzene rings is 1. The first-order chi connectivity index (χ1) is 7.09. The van der Waals surface area contributed by atoms with E-state index in [0.717, 1.165) is 6.07 Å². The van der Waals surface area contributed by atoms with Crippen molar-refractivity contribution in [3.8, 4) is 5.75 Å². The van der Waals surface area contributed by atoms with Crippen LogP contribution < -0.4 is 4.74 Å². The summed E-state index contributed by atoms with van der Waals surface area (Å²) in [5.41, 5.74) is -1.24. The Bertz CT molecular complexity index is 380. The summed E-state index contributed by atoms with van der Waals surface area (Å²) in [6.07, 6.45) is -4.38. The molecule has 5 heteroatoms. The van der Waals surface area contributed by atoms with Crippen LogP contribution in [0, 0.1) is 0 Å². The number of hydrogen-bond donors (Lipinski definition) is 0. The summed E-state index contributed by atoms with van der Waals surface area (Å²) in [4.78, 5) is 0. The lowest BCUT2D eigenvalue weighted by atomic mass is 10.1. The second-order valence-corrected chi connectivity index (χ2v) is 5.21. The average Bonchev–Trinajstić information content (AvgIpc) is 2.04. The molecule has 0 aliphatic carbocycles. The number of hydrogen-bond acceptors (Lipinski definition) is 1. The van der Waals surface area contributed by atoms with E-state index < -0.39 is 17.3 Å². The van der Waals surface area contributed by atoms with Gasteiger partial charge in [0.2, 0.25) is 0 Å². The molecular weight excluding hydrogens is 285 g/mol. The highest BCUT2D eigenvalue weighted by Crippen LogP contribution is 2.37. The summed E-state index contributed by atoms with van der Waals surface area (Å²) in [6.45, 7) is 5.34. The number of rotatable bonds is 1. The van der Waals surface area contributed by atoms with Gasteiger partial charge in [0.1, 0.15) is 11.4 Å². The van der Waals surface area contributed by atoms with E-state index in [4.69, 9.17) is 4.74 Å². The molecule has 0 aliphatic rings. The Hall–Kier alpha value is -0.710. The second-order valence-electron chi connectivity index (χ2n) is 4.35. The lowest BCUT2D eigenvalue weighted by Gasteiger charge is -2.22. The van der Waals surface area contributed by atoms with Crippen molar-refractivity contribution >= 4 is 15.9 Å². The van der Waals surface area contributed by atoms with Gasteiger partial charge >= 0.3 is 6.18 Å². The largest absolute Gasteiger partial charge is 0.488 e. The zero-order valence-corrected chi connectivity index (χ0v) is 10.7. The molecule has 16 heavy (non-hydrogen) atoms. The van der Waals surface area contributed by atoms with Crippen LogP contribution in [0.15, 0.2) is 22.7 Å². The van der Waals surface area contributed by atoms with Gasteiger partial charge in [-0.2, -0.15) is 13.2 Å². The topological polar surface area (TPSA) is 9.23 Å². The van der Waals surface area contributed by atoms with E-state index in [2.05, 4.69) is 15.9 Å². The van der Waals surface area contributed by atoms with Crippen molar-refractivity contribution in [2.45, 2.75) is 32.5 Å². The maximum atomic E-state index is 12.6. The first-order valence-corrected chi connectivity index (χ1v) is 5.45. The molecule has 0 atom stereocenters. The van der Waals surface area contributed by atoms with Crippen LogP contribution in [0.3, 0.4) is 0 Å². The highest BCUT2D eigenvalue weighted by molar-refractivity contribution is 9.10. The van der Waals surface area contributed by atoms with Gasteiger partial charge in [-0.05, 0) is 39.0 Å². The van der Waals surface area contributed by atoms with E-state index in [-0.39, 0.29) is 10.2 Å². The monoisotopic (exact) mass is 296 g/mol. The van der Waals surface area contributed by atoms with E-state index >= 15 is 0 Å². The van der Waals surface area contributed by atoms with Crippen LogP contribution in [0.25, 0.3) is 0 Å².